The molecular weight excluding hydrogens is 260 g/mol. The highest BCUT2D eigenvalue weighted by atomic mass is 16.5. The van der Waals surface area contributed by atoms with E-state index in [0.29, 0.717) is 19.0 Å². The second-order valence-corrected chi connectivity index (χ2v) is 4.73. The fourth-order valence-electron chi connectivity index (χ4n) is 1.69. The summed E-state index contributed by atoms with van der Waals surface area (Å²) in [6, 6.07) is 5.49. The summed E-state index contributed by atoms with van der Waals surface area (Å²) in [4.78, 5) is 0. The summed E-state index contributed by atoms with van der Waals surface area (Å²) in [5, 5.41) is 19.2. The summed E-state index contributed by atoms with van der Waals surface area (Å²) in [6.07, 6.45) is -1.18. The number of methoxy groups -OCH3 is 1. The van der Waals surface area contributed by atoms with Gasteiger partial charge in [-0.05, 0) is 37.1 Å². The molecule has 0 aliphatic heterocycles. The van der Waals surface area contributed by atoms with Crippen molar-refractivity contribution in [3.05, 3.63) is 29.3 Å². The van der Waals surface area contributed by atoms with E-state index in [1.807, 2.05) is 19.1 Å². The zero-order valence-corrected chi connectivity index (χ0v) is 12.3. The highest BCUT2D eigenvalue weighted by Crippen LogP contribution is 2.22. The van der Waals surface area contributed by atoms with Crippen molar-refractivity contribution in [2.45, 2.75) is 26.1 Å². The van der Waals surface area contributed by atoms with Gasteiger partial charge in [-0.15, -0.1) is 0 Å². The summed E-state index contributed by atoms with van der Waals surface area (Å²) >= 11 is 0. The van der Waals surface area contributed by atoms with E-state index in [0.717, 1.165) is 11.1 Å². The quantitative estimate of drug-likeness (QED) is 0.672. The van der Waals surface area contributed by atoms with Crippen molar-refractivity contribution in [3.8, 4) is 5.75 Å². The first-order valence-corrected chi connectivity index (χ1v) is 6.70. The van der Waals surface area contributed by atoms with Gasteiger partial charge in [-0.2, -0.15) is 0 Å². The van der Waals surface area contributed by atoms with Crippen molar-refractivity contribution in [1.82, 2.24) is 0 Å². The first-order valence-electron chi connectivity index (χ1n) is 6.70. The molecule has 0 saturated carbocycles. The molecule has 1 aromatic rings. The van der Waals surface area contributed by atoms with Crippen LogP contribution in [0.4, 0.5) is 0 Å². The van der Waals surface area contributed by atoms with Crippen LogP contribution in [0.15, 0.2) is 18.2 Å². The molecule has 2 atom stereocenters. The fraction of sp³-hybridized carbons (Fsp3) is 0.600. The molecule has 0 aliphatic carbocycles. The zero-order valence-electron chi connectivity index (χ0n) is 12.3. The van der Waals surface area contributed by atoms with Crippen molar-refractivity contribution < 1.29 is 24.4 Å². The van der Waals surface area contributed by atoms with Crippen molar-refractivity contribution >= 4 is 0 Å². The average Bonchev–Trinajstić information content (AvgIpc) is 2.42. The normalized spacial score (nSPS) is 14.1. The predicted molar refractivity (Wildman–Crippen MR) is 76.0 cm³/mol. The van der Waals surface area contributed by atoms with Crippen LogP contribution in [0.5, 0.6) is 5.75 Å². The third-order valence-electron chi connectivity index (χ3n) is 2.85. The highest BCUT2D eigenvalue weighted by molar-refractivity contribution is 5.36. The van der Waals surface area contributed by atoms with Crippen molar-refractivity contribution in [2.24, 2.45) is 0 Å². The lowest BCUT2D eigenvalue weighted by atomic mass is 10.1. The van der Waals surface area contributed by atoms with E-state index in [-0.39, 0.29) is 13.2 Å². The molecule has 0 amide bonds. The lowest BCUT2D eigenvalue weighted by Crippen LogP contribution is -2.24. The Balaban J connectivity index is 2.37. The van der Waals surface area contributed by atoms with E-state index in [1.54, 1.807) is 20.1 Å². The molecule has 20 heavy (non-hydrogen) atoms. The van der Waals surface area contributed by atoms with Gasteiger partial charge in [0.15, 0.2) is 0 Å². The van der Waals surface area contributed by atoms with E-state index in [4.69, 9.17) is 14.2 Å². The molecule has 1 aromatic carbocycles. The first-order chi connectivity index (χ1) is 9.54. The van der Waals surface area contributed by atoms with E-state index in [2.05, 4.69) is 0 Å². The van der Waals surface area contributed by atoms with Crippen LogP contribution >= 0.6 is 0 Å². The average molecular weight is 284 g/mol. The molecule has 0 spiro atoms. The maximum Gasteiger partial charge on any atom is 0.122 e. The maximum atomic E-state index is 9.71. The topological polar surface area (TPSA) is 68.2 Å². The van der Waals surface area contributed by atoms with Gasteiger partial charge in [0, 0.05) is 7.11 Å². The SMILES string of the molecule is COCCOCC(O)COc1ccc(C(C)O)cc1C. The summed E-state index contributed by atoms with van der Waals surface area (Å²) in [6.45, 7) is 4.97. The Morgan fingerprint density at radius 1 is 1.15 bits per heavy atom. The van der Waals surface area contributed by atoms with Crippen LogP contribution in [-0.4, -0.2) is 49.9 Å². The number of rotatable bonds is 9. The predicted octanol–water partition coefficient (Wildman–Crippen LogP) is 1.45. The summed E-state index contributed by atoms with van der Waals surface area (Å²) in [5.74, 6) is 0.699. The molecule has 0 heterocycles. The van der Waals surface area contributed by atoms with Crippen LogP contribution in [0.25, 0.3) is 0 Å². The third-order valence-corrected chi connectivity index (χ3v) is 2.85. The smallest absolute Gasteiger partial charge is 0.122 e. The Bertz CT molecular complexity index is 392. The Hall–Kier alpha value is -1.14. The number of aliphatic hydroxyl groups excluding tert-OH is 2. The van der Waals surface area contributed by atoms with E-state index in [9.17, 15) is 10.2 Å². The van der Waals surface area contributed by atoms with Gasteiger partial charge in [0.25, 0.3) is 0 Å². The minimum absolute atomic E-state index is 0.168. The highest BCUT2D eigenvalue weighted by Gasteiger charge is 2.09. The molecule has 1 rings (SSSR count). The Kier molecular flexibility index (Phi) is 7.54. The monoisotopic (exact) mass is 284 g/mol. The molecule has 114 valence electrons. The van der Waals surface area contributed by atoms with Crippen molar-refractivity contribution in [1.29, 1.82) is 0 Å². The van der Waals surface area contributed by atoms with Crippen LogP contribution in [0, 0.1) is 6.92 Å². The first kappa shape index (κ1) is 16.9. The number of hydrogen-bond donors (Lipinski definition) is 2. The number of aliphatic hydroxyl groups is 2. The van der Waals surface area contributed by atoms with Crippen LogP contribution in [0.1, 0.15) is 24.2 Å². The lowest BCUT2D eigenvalue weighted by molar-refractivity contribution is -0.00428. The number of ether oxygens (including phenoxy) is 3. The molecule has 5 nitrogen and oxygen atoms in total. The lowest BCUT2D eigenvalue weighted by Gasteiger charge is -2.15. The van der Waals surface area contributed by atoms with Crippen molar-refractivity contribution in [3.63, 3.8) is 0 Å². The van der Waals surface area contributed by atoms with E-state index >= 15 is 0 Å². The fourth-order valence-corrected chi connectivity index (χ4v) is 1.69. The molecule has 0 aliphatic rings. The third kappa shape index (κ3) is 5.88. The summed E-state index contributed by atoms with van der Waals surface area (Å²) < 4.78 is 15.6. The van der Waals surface area contributed by atoms with Crippen LogP contribution in [-0.2, 0) is 9.47 Å². The van der Waals surface area contributed by atoms with Gasteiger partial charge in [-0.3, -0.25) is 0 Å². The molecule has 5 heteroatoms. The molecule has 2 unspecified atom stereocenters. The van der Waals surface area contributed by atoms with Gasteiger partial charge in [-0.1, -0.05) is 6.07 Å². The largest absolute Gasteiger partial charge is 0.491 e. The van der Waals surface area contributed by atoms with Gasteiger partial charge < -0.3 is 24.4 Å². The number of hydrogen-bond acceptors (Lipinski definition) is 5. The Morgan fingerprint density at radius 2 is 1.90 bits per heavy atom. The van der Waals surface area contributed by atoms with Gasteiger partial charge in [0.05, 0.1) is 25.9 Å². The van der Waals surface area contributed by atoms with E-state index in [1.165, 1.54) is 0 Å². The second-order valence-electron chi connectivity index (χ2n) is 4.73. The summed E-state index contributed by atoms with van der Waals surface area (Å²) in [7, 11) is 1.60. The maximum absolute atomic E-state index is 9.71. The van der Waals surface area contributed by atoms with Gasteiger partial charge in [-0.25, -0.2) is 0 Å². The minimum atomic E-state index is -0.678. The minimum Gasteiger partial charge on any atom is -0.491 e. The van der Waals surface area contributed by atoms with Crippen LogP contribution in [0.3, 0.4) is 0 Å². The van der Waals surface area contributed by atoms with Crippen molar-refractivity contribution in [2.75, 3.05) is 33.5 Å². The Labute approximate surface area is 120 Å². The van der Waals surface area contributed by atoms with Crippen LogP contribution in [0.2, 0.25) is 0 Å². The van der Waals surface area contributed by atoms with Gasteiger partial charge in [0.1, 0.15) is 18.5 Å². The van der Waals surface area contributed by atoms with Crippen LogP contribution < -0.4 is 4.74 Å². The standard InChI is InChI=1S/C15H24O5/c1-11-8-13(12(2)16)4-5-15(11)20-10-14(17)9-19-7-6-18-3/h4-5,8,12,14,16-17H,6-7,9-10H2,1-3H3. The zero-order chi connectivity index (χ0) is 15.0. The van der Waals surface area contributed by atoms with Gasteiger partial charge in [0.2, 0.25) is 0 Å². The molecule has 2 N–H and O–H groups in total. The number of benzene rings is 1. The second kappa shape index (κ2) is 8.92. The Morgan fingerprint density at radius 3 is 2.50 bits per heavy atom. The molecular formula is C15H24O5. The molecule has 0 bridgehead atoms. The molecule has 0 fully saturated rings. The van der Waals surface area contributed by atoms with Gasteiger partial charge >= 0.3 is 0 Å². The summed E-state index contributed by atoms with van der Waals surface area (Å²) in [5.41, 5.74) is 1.77. The van der Waals surface area contributed by atoms with E-state index < -0.39 is 12.2 Å². The molecule has 0 radical (unpaired) electrons. The molecule has 0 saturated heterocycles. The number of aryl methyl sites for hydroxylation is 1. The molecule has 0 aromatic heterocycles.